The molecule has 24 heavy (non-hydrogen) atoms. The zero-order valence-corrected chi connectivity index (χ0v) is 15.1. The number of benzene rings is 1. The highest BCUT2D eigenvalue weighted by molar-refractivity contribution is 6.01. The number of amides is 2. The molecular weight excluding hydrogens is 326 g/mol. The topological polar surface area (TPSA) is 66.6 Å². The maximum absolute atomic E-state index is 12.7. The van der Waals surface area contributed by atoms with E-state index in [1.54, 1.807) is 4.90 Å². The van der Waals surface area contributed by atoms with E-state index in [-0.39, 0.29) is 36.2 Å². The van der Waals surface area contributed by atoms with Crippen molar-refractivity contribution in [1.82, 2.24) is 4.90 Å². The van der Waals surface area contributed by atoms with E-state index in [0.717, 1.165) is 36.2 Å². The van der Waals surface area contributed by atoms with Crippen LogP contribution in [0.1, 0.15) is 30.4 Å². The molecule has 0 aromatic heterocycles. The molecule has 0 bridgehead atoms. The molecule has 1 aromatic rings. The Morgan fingerprint density at radius 2 is 2.00 bits per heavy atom. The summed E-state index contributed by atoms with van der Waals surface area (Å²) in [5, 5.41) is 0. The van der Waals surface area contributed by atoms with Crippen molar-refractivity contribution in [3.8, 4) is 0 Å². The van der Waals surface area contributed by atoms with Gasteiger partial charge >= 0.3 is 0 Å². The number of rotatable bonds is 2. The van der Waals surface area contributed by atoms with Crippen molar-refractivity contribution >= 4 is 29.9 Å². The Balaban J connectivity index is 0.00000208. The minimum atomic E-state index is -0.243. The Morgan fingerprint density at radius 1 is 1.25 bits per heavy atom. The van der Waals surface area contributed by atoms with Gasteiger partial charge in [0.1, 0.15) is 0 Å². The number of hydrogen-bond acceptors (Lipinski definition) is 3. The van der Waals surface area contributed by atoms with Crippen LogP contribution in [0, 0.1) is 19.8 Å². The van der Waals surface area contributed by atoms with Crippen molar-refractivity contribution in [2.75, 3.05) is 24.5 Å². The van der Waals surface area contributed by atoms with Gasteiger partial charge in [-0.25, -0.2) is 0 Å². The maximum atomic E-state index is 12.7. The van der Waals surface area contributed by atoms with Crippen molar-refractivity contribution in [3.63, 3.8) is 0 Å². The van der Waals surface area contributed by atoms with E-state index in [0.29, 0.717) is 19.5 Å². The molecule has 2 unspecified atom stereocenters. The summed E-state index contributed by atoms with van der Waals surface area (Å²) in [6.45, 7) is 5.93. The number of likely N-dealkylation sites (tertiary alicyclic amines) is 1. The third-order valence-electron chi connectivity index (χ3n) is 5.11. The third-order valence-corrected chi connectivity index (χ3v) is 5.11. The SMILES string of the molecule is Cc1cccc(N2CC(C(=O)N3CCCC(N)C3)CC2=O)c1C.Cl. The lowest BCUT2D eigenvalue weighted by Crippen LogP contribution is -2.48. The zero-order chi connectivity index (χ0) is 16.6. The predicted octanol–water partition coefficient (Wildman–Crippen LogP) is 2.03. The van der Waals surface area contributed by atoms with Gasteiger partial charge in [-0.15, -0.1) is 12.4 Å². The Hall–Kier alpha value is -1.59. The molecule has 2 fully saturated rings. The van der Waals surface area contributed by atoms with Crippen LogP contribution in [0.4, 0.5) is 5.69 Å². The number of hydrogen-bond donors (Lipinski definition) is 1. The van der Waals surface area contributed by atoms with E-state index in [1.165, 1.54) is 0 Å². The van der Waals surface area contributed by atoms with Crippen molar-refractivity contribution in [3.05, 3.63) is 29.3 Å². The van der Waals surface area contributed by atoms with Crippen LogP contribution < -0.4 is 10.6 Å². The number of piperidine rings is 1. The van der Waals surface area contributed by atoms with Gasteiger partial charge < -0.3 is 15.5 Å². The molecule has 2 saturated heterocycles. The number of anilines is 1. The lowest BCUT2D eigenvalue weighted by Gasteiger charge is -2.32. The number of carbonyl (C=O) groups is 2. The van der Waals surface area contributed by atoms with Crippen molar-refractivity contribution < 1.29 is 9.59 Å². The molecule has 2 amide bonds. The summed E-state index contributed by atoms with van der Waals surface area (Å²) in [4.78, 5) is 28.8. The molecule has 0 spiro atoms. The van der Waals surface area contributed by atoms with Crippen molar-refractivity contribution in [1.29, 1.82) is 0 Å². The van der Waals surface area contributed by atoms with Gasteiger partial charge in [-0.05, 0) is 43.9 Å². The molecule has 0 saturated carbocycles. The van der Waals surface area contributed by atoms with E-state index in [4.69, 9.17) is 5.73 Å². The number of carbonyl (C=O) groups excluding carboxylic acids is 2. The minimum Gasteiger partial charge on any atom is -0.341 e. The second kappa shape index (κ2) is 7.53. The van der Waals surface area contributed by atoms with Crippen LogP contribution in [-0.4, -0.2) is 42.4 Å². The Labute approximate surface area is 149 Å². The first kappa shape index (κ1) is 18.7. The van der Waals surface area contributed by atoms with Crippen LogP contribution in [0.15, 0.2) is 18.2 Å². The molecule has 2 atom stereocenters. The van der Waals surface area contributed by atoms with Gasteiger partial charge in [0, 0.05) is 37.8 Å². The molecule has 0 radical (unpaired) electrons. The zero-order valence-electron chi connectivity index (χ0n) is 14.3. The van der Waals surface area contributed by atoms with Crippen LogP contribution in [-0.2, 0) is 9.59 Å². The van der Waals surface area contributed by atoms with Crippen molar-refractivity contribution in [2.45, 2.75) is 39.2 Å². The highest BCUT2D eigenvalue weighted by atomic mass is 35.5. The molecule has 1 aromatic carbocycles. The fraction of sp³-hybridized carbons (Fsp3) is 0.556. The fourth-order valence-corrected chi connectivity index (χ4v) is 3.60. The molecule has 6 heteroatoms. The van der Waals surface area contributed by atoms with Crippen LogP contribution in [0.3, 0.4) is 0 Å². The lowest BCUT2D eigenvalue weighted by atomic mass is 10.0. The van der Waals surface area contributed by atoms with Crippen molar-refractivity contribution in [2.24, 2.45) is 11.7 Å². The molecule has 3 rings (SSSR count). The van der Waals surface area contributed by atoms with Gasteiger partial charge in [0.15, 0.2) is 0 Å². The van der Waals surface area contributed by atoms with Crippen LogP contribution in [0.2, 0.25) is 0 Å². The Morgan fingerprint density at radius 3 is 2.71 bits per heavy atom. The number of nitrogens with two attached hydrogens (primary N) is 1. The van der Waals surface area contributed by atoms with E-state index >= 15 is 0 Å². The molecule has 2 heterocycles. The maximum Gasteiger partial charge on any atom is 0.228 e. The Bertz CT molecular complexity index is 635. The highest BCUT2D eigenvalue weighted by Gasteiger charge is 2.38. The quantitative estimate of drug-likeness (QED) is 0.886. The largest absolute Gasteiger partial charge is 0.341 e. The summed E-state index contributed by atoms with van der Waals surface area (Å²) < 4.78 is 0. The Kier molecular flexibility index (Phi) is 5.88. The monoisotopic (exact) mass is 351 g/mol. The molecular formula is C18H26ClN3O2. The average molecular weight is 352 g/mol. The third kappa shape index (κ3) is 3.57. The predicted molar refractivity (Wildman–Crippen MR) is 97.4 cm³/mol. The molecule has 132 valence electrons. The minimum absolute atomic E-state index is 0. The van der Waals surface area contributed by atoms with E-state index in [9.17, 15) is 9.59 Å². The second-order valence-corrected chi connectivity index (χ2v) is 6.81. The first-order valence-electron chi connectivity index (χ1n) is 8.38. The fourth-order valence-electron chi connectivity index (χ4n) is 3.60. The van der Waals surface area contributed by atoms with E-state index in [2.05, 4.69) is 0 Å². The number of nitrogens with zero attached hydrogens (tertiary/aromatic N) is 2. The van der Waals surface area contributed by atoms with Gasteiger partial charge in [0.2, 0.25) is 11.8 Å². The van der Waals surface area contributed by atoms with Crippen LogP contribution >= 0.6 is 12.4 Å². The molecule has 2 aliphatic heterocycles. The van der Waals surface area contributed by atoms with E-state index in [1.807, 2.05) is 36.9 Å². The smallest absolute Gasteiger partial charge is 0.228 e. The van der Waals surface area contributed by atoms with Crippen LogP contribution in [0.5, 0.6) is 0 Å². The lowest BCUT2D eigenvalue weighted by molar-refractivity contribution is -0.136. The van der Waals surface area contributed by atoms with Gasteiger partial charge in [-0.1, -0.05) is 12.1 Å². The summed E-state index contributed by atoms with van der Waals surface area (Å²) in [6, 6.07) is 6.03. The summed E-state index contributed by atoms with van der Waals surface area (Å²) in [5.41, 5.74) is 9.17. The molecule has 5 nitrogen and oxygen atoms in total. The normalized spacial score (nSPS) is 24.0. The first-order chi connectivity index (χ1) is 11.0. The first-order valence-corrected chi connectivity index (χ1v) is 8.38. The van der Waals surface area contributed by atoms with Gasteiger partial charge in [-0.3, -0.25) is 9.59 Å². The summed E-state index contributed by atoms with van der Waals surface area (Å²) in [6.07, 6.45) is 2.23. The number of aryl methyl sites for hydroxylation is 1. The van der Waals surface area contributed by atoms with Gasteiger partial charge in [0.25, 0.3) is 0 Å². The van der Waals surface area contributed by atoms with Crippen LogP contribution in [0.25, 0.3) is 0 Å². The van der Waals surface area contributed by atoms with Gasteiger partial charge in [0.05, 0.1) is 5.92 Å². The van der Waals surface area contributed by atoms with Gasteiger partial charge in [-0.2, -0.15) is 0 Å². The second-order valence-electron chi connectivity index (χ2n) is 6.81. The molecule has 2 aliphatic rings. The highest BCUT2D eigenvalue weighted by Crippen LogP contribution is 2.30. The summed E-state index contributed by atoms with van der Waals surface area (Å²) in [5.74, 6) is -0.118. The van der Waals surface area contributed by atoms with E-state index < -0.39 is 0 Å². The molecule has 2 N–H and O–H groups in total. The summed E-state index contributed by atoms with van der Waals surface area (Å²) >= 11 is 0. The number of halogens is 1. The summed E-state index contributed by atoms with van der Waals surface area (Å²) in [7, 11) is 0. The average Bonchev–Trinajstić information content (AvgIpc) is 2.91. The molecule has 0 aliphatic carbocycles. The standard InChI is InChI=1S/C18H25N3O2.ClH/c1-12-5-3-7-16(13(12)2)21-10-14(9-17(21)22)18(23)20-8-4-6-15(19)11-20;/h3,5,7,14-15H,4,6,8-11,19H2,1-2H3;1H.